The maximum Gasteiger partial charge on any atom is 0.573 e. The first-order chi connectivity index (χ1) is 15.3. The van der Waals surface area contributed by atoms with Gasteiger partial charge < -0.3 is 25.0 Å². The van der Waals surface area contributed by atoms with Gasteiger partial charge in [-0.2, -0.15) is 0 Å². The van der Waals surface area contributed by atoms with Gasteiger partial charge in [-0.1, -0.05) is 0 Å². The van der Waals surface area contributed by atoms with Crippen LogP contribution in [0.4, 0.5) is 18.9 Å². The summed E-state index contributed by atoms with van der Waals surface area (Å²) in [6, 6.07) is 5.07. The Balaban J connectivity index is 1.32. The molecule has 2 saturated heterocycles. The monoisotopic (exact) mass is 475 g/mol. The highest BCUT2D eigenvalue weighted by Gasteiger charge is 2.31. The normalized spacial score (nSPS) is 18.3. The number of hydrogen-bond donors (Lipinski definition) is 2. The number of carbonyl (C=O) groups is 1. The van der Waals surface area contributed by atoms with Gasteiger partial charge in [-0.05, 0) is 36.5 Å². The van der Waals surface area contributed by atoms with Crippen LogP contribution in [0.5, 0.6) is 5.75 Å². The number of hydrogen-bond acceptors (Lipinski definition) is 6. The molecule has 1 amide bonds. The van der Waals surface area contributed by atoms with Crippen LogP contribution in [0, 0.1) is 0 Å². The van der Waals surface area contributed by atoms with Crippen LogP contribution in [0.25, 0.3) is 0 Å². The lowest BCUT2D eigenvalue weighted by Gasteiger charge is -2.36. The van der Waals surface area contributed by atoms with Crippen molar-refractivity contribution in [3.05, 3.63) is 24.3 Å². The van der Waals surface area contributed by atoms with E-state index in [9.17, 15) is 18.0 Å². The van der Waals surface area contributed by atoms with Gasteiger partial charge in [0.2, 0.25) is 5.91 Å². The lowest BCUT2D eigenvalue weighted by atomic mass is 10.3. The number of anilines is 1. The fraction of sp³-hybridized carbons (Fsp3) is 0.600. The molecule has 0 saturated carbocycles. The van der Waals surface area contributed by atoms with Gasteiger partial charge in [0.1, 0.15) is 5.75 Å². The van der Waals surface area contributed by atoms with E-state index in [2.05, 4.69) is 25.2 Å². The van der Waals surface area contributed by atoms with Crippen LogP contribution in [0.15, 0.2) is 24.3 Å². The van der Waals surface area contributed by atoms with E-state index in [1.165, 1.54) is 12.1 Å². The molecular formula is C20H28F3N5O3S. The van der Waals surface area contributed by atoms with Gasteiger partial charge in [-0.15, -0.1) is 13.2 Å². The van der Waals surface area contributed by atoms with Crippen molar-refractivity contribution >= 4 is 28.9 Å². The summed E-state index contributed by atoms with van der Waals surface area (Å²) in [5.41, 5.74) is 0.411. The number of carbonyl (C=O) groups excluding carboxylic acids is 1. The van der Waals surface area contributed by atoms with Gasteiger partial charge in [0, 0.05) is 58.0 Å². The summed E-state index contributed by atoms with van der Waals surface area (Å²) in [6.45, 7) is 8.18. The minimum absolute atomic E-state index is 0.200. The molecule has 1 aromatic carbocycles. The number of benzene rings is 1. The third kappa shape index (κ3) is 8.41. The van der Waals surface area contributed by atoms with Crippen LogP contribution in [0.3, 0.4) is 0 Å². The van der Waals surface area contributed by atoms with Crippen LogP contribution in [0.1, 0.15) is 0 Å². The van der Waals surface area contributed by atoms with E-state index in [0.717, 1.165) is 69.7 Å². The molecule has 2 heterocycles. The van der Waals surface area contributed by atoms with E-state index >= 15 is 0 Å². The third-order valence-electron chi connectivity index (χ3n) is 5.21. The van der Waals surface area contributed by atoms with Gasteiger partial charge in [-0.3, -0.25) is 14.6 Å². The molecule has 0 radical (unpaired) electrons. The number of morpholine rings is 1. The van der Waals surface area contributed by atoms with Crippen molar-refractivity contribution in [2.75, 3.05) is 77.4 Å². The van der Waals surface area contributed by atoms with Crippen molar-refractivity contribution in [1.29, 1.82) is 0 Å². The number of ether oxygens (including phenoxy) is 2. The summed E-state index contributed by atoms with van der Waals surface area (Å²) in [5.74, 6) is -0.560. The number of alkyl halides is 3. The number of piperazine rings is 1. The van der Waals surface area contributed by atoms with E-state index in [0.29, 0.717) is 18.8 Å². The van der Waals surface area contributed by atoms with Gasteiger partial charge in [0.25, 0.3) is 0 Å². The minimum atomic E-state index is -4.74. The Morgan fingerprint density at radius 1 is 1.03 bits per heavy atom. The van der Waals surface area contributed by atoms with Crippen LogP contribution in [-0.4, -0.2) is 104 Å². The number of nitrogens with zero attached hydrogens (tertiary/aromatic N) is 3. The first kappa shape index (κ1) is 24.5. The Bertz CT molecular complexity index is 752. The van der Waals surface area contributed by atoms with Crippen LogP contribution < -0.4 is 15.4 Å². The Morgan fingerprint density at radius 2 is 1.69 bits per heavy atom. The SMILES string of the molecule is O=C(CN1CCN(C(=S)NCCN2CCOCC2)CC1)Nc1ccc(OC(F)(F)F)cc1. The Hall–Kier alpha value is -2.15. The lowest BCUT2D eigenvalue weighted by Crippen LogP contribution is -2.53. The van der Waals surface area contributed by atoms with E-state index in [4.69, 9.17) is 17.0 Å². The average molecular weight is 476 g/mol. The molecule has 0 atom stereocenters. The molecular weight excluding hydrogens is 447 g/mol. The number of nitrogens with one attached hydrogen (secondary N) is 2. The van der Waals surface area contributed by atoms with Gasteiger partial charge >= 0.3 is 6.36 Å². The summed E-state index contributed by atoms with van der Waals surface area (Å²) in [7, 11) is 0. The summed E-state index contributed by atoms with van der Waals surface area (Å²) >= 11 is 5.49. The molecule has 0 unspecified atom stereocenters. The Morgan fingerprint density at radius 3 is 2.31 bits per heavy atom. The predicted octanol–water partition coefficient (Wildman–Crippen LogP) is 1.35. The summed E-state index contributed by atoms with van der Waals surface area (Å²) in [5, 5.41) is 6.72. The second kappa shape index (κ2) is 11.6. The first-order valence-electron chi connectivity index (χ1n) is 10.5. The second-order valence-electron chi connectivity index (χ2n) is 7.57. The van der Waals surface area contributed by atoms with E-state index in [1.54, 1.807) is 0 Å². The van der Waals surface area contributed by atoms with Crippen molar-refractivity contribution in [3.63, 3.8) is 0 Å². The summed E-state index contributed by atoms with van der Waals surface area (Å²) in [4.78, 5) is 18.7. The molecule has 0 bridgehead atoms. The Labute approximate surface area is 190 Å². The molecule has 2 N–H and O–H groups in total. The Kier molecular flexibility index (Phi) is 8.91. The summed E-state index contributed by atoms with van der Waals surface area (Å²) in [6.07, 6.45) is -4.74. The van der Waals surface area contributed by atoms with E-state index in [1.807, 2.05) is 4.90 Å². The fourth-order valence-electron chi connectivity index (χ4n) is 3.51. The lowest BCUT2D eigenvalue weighted by molar-refractivity contribution is -0.274. The highest BCUT2D eigenvalue weighted by Crippen LogP contribution is 2.23. The van der Waals surface area contributed by atoms with E-state index < -0.39 is 6.36 Å². The topological polar surface area (TPSA) is 69.3 Å². The molecule has 178 valence electrons. The summed E-state index contributed by atoms with van der Waals surface area (Å²) < 4.78 is 45.8. The molecule has 3 rings (SSSR count). The maximum absolute atomic E-state index is 12.3. The van der Waals surface area contributed by atoms with Gasteiger partial charge in [-0.25, -0.2) is 0 Å². The molecule has 0 spiro atoms. The van der Waals surface area contributed by atoms with E-state index in [-0.39, 0.29) is 18.2 Å². The van der Waals surface area contributed by atoms with Crippen molar-refractivity contribution < 1.29 is 27.4 Å². The fourth-order valence-corrected chi connectivity index (χ4v) is 3.79. The predicted molar refractivity (Wildman–Crippen MR) is 118 cm³/mol. The molecule has 0 aromatic heterocycles. The number of amides is 1. The number of thiocarbonyl (C=S) groups is 1. The molecule has 2 aliphatic rings. The molecule has 32 heavy (non-hydrogen) atoms. The molecule has 12 heteroatoms. The molecule has 8 nitrogen and oxygen atoms in total. The smallest absolute Gasteiger partial charge is 0.406 e. The van der Waals surface area contributed by atoms with Crippen LogP contribution in [0.2, 0.25) is 0 Å². The van der Waals surface area contributed by atoms with Gasteiger partial charge in [0.15, 0.2) is 5.11 Å². The van der Waals surface area contributed by atoms with Crippen molar-refractivity contribution in [2.45, 2.75) is 6.36 Å². The zero-order chi connectivity index (χ0) is 23.0. The first-order valence-corrected chi connectivity index (χ1v) is 10.9. The number of halogens is 3. The minimum Gasteiger partial charge on any atom is -0.406 e. The van der Waals surface area contributed by atoms with Gasteiger partial charge in [0.05, 0.1) is 19.8 Å². The third-order valence-corrected chi connectivity index (χ3v) is 5.61. The quantitative estimate of drug-likeness (QED) is 0.573. The van der Waals surface area contributed by atoms with Crippen LogP contribution in [-0.2, 0) is 9.53 Å². The molecule has 1 aromatic rings. The highest BCUT2D eigenvalue weighted by atomic mass is 32.1. The van der Waals surface area contributed by atoms with Crippen molar-refractivity contribution in [3.8, 4) is 5.75 Å². The maximum atomic E-state index is 12.3. The van der Waals surface area contributed by atoms with Crippen molar-refractivity contribution in [2.24, 2.45) is 0 Å². The highest BCUT2D eigenvalue weighted by molar-refractivity contribution is 7.80. The zero-order valence-electron chi connectivity index (χ0n) is 17.7. The standard InChI is InChI=1S/C20H28F3N5O3S/c21-20(22,23)31-17-3-1-16(2-4-17)25-18(29)15-27-7-9-28(10-8-27)19(32)24-5-6-26-11-13-30-14-12-26/h1-4H,5-15H2,(H,24,32)(H,25,29). The average Bonchev–Trinajstić information content (AvgIpc) is 2.75. The largest absolute Gasteiger partial charge is 0.573 e. The molecule has 2 fully saturated rings. The second-order valence-corrected chi connectivity index (χ2v) is 7.96. The molecule has 2 aliphatic heterocycles. The van der Waals surface area contributed by atoms with Crippen LogP contribution >= 0.6 is 12.2 Å². The molecule has 0 aliphatic carbocycles. The van der Waals surface area contributed by atoms with Crippen molar-refractivity contribution in [1.82, 2.24) is 20.0 Å². The number of rotatable bonds is 7. The zero-order valence-corrected chi connectivity index (χ0v) is 18.5.